The molecule has 0 bridgehead atoms. The number of benzene rings is 1. The highest BCUT2D eigenvalue weighted by Crippen LogP contribution is 2.28. The van der Waals surface area contributed by atoms with Crippen LogP contribution in [0.3, 0.4) is 0 Å². The number of rotatable bonds is 7. The molecule has 1 aromatic carbocycles. The first-order valence-electron chi connectivity index (χ1n) is 9.84. The van der Waals surface area contributed by atoms with Crippen LogP contribution in [0.4, 0.5) is 10.5 Å². The SMILES string of the molecule is Cc1cc(Sc2ncccn2)ccc1NC(=O)NCCOC1CCCCC1C. The van der Waals surface area contributed by atoms with E-state index in [1.807, 2.05) is 25.1 Å². The first-order chi connectivity index (χ1) is 13.6. The average Bonchev–Trinajstić information content (AvgIpc) is 2.69. The molecule has 0 spiro atoms. The Bertz CT molecular complexity index is 772. The fraction of sp³-hybridized carbons (Fsp3) is 0.476. The van der Waals surface area contributed by atoms with Crippen molar-refractivity contribution in [1.82, 2.24) is 15.3 Å². The van der Waals surface area contributed by atoms with Crippen LogP contribution in [0.1, 0.15) is 38.2 Å². The van der Waals surface area contributed by atoms with Gasteiger partial charge in [0, 0.05) is 29.5 Å². The van der Waals surface area contributed by atoms with Gasteiger partial charge in [-0.3, -0.25) is 0 Å². The Balaban J connectivity index is 1.42. The lowest BCUT2D eigenvalue weighted by atomic mass is 9.88. The summed E-state index contributed by atoms with van der Waals surface area (Å²) in [6.45, 7) is 5.28. The van der Waals surface area contributed by atoms with Crippen molar-refractivity contribution in [3.8, 4) is 0 Å². The summed E-state index contributed by atoms with van der Waals surface area (Å²) in [5.41, 5.74) is 1.78. The monoisotopic (exact) mass is 400 g/mol. The molecule has 1 heterocycles. The molecule has 1 aliphatic carbocycles. The van der Waals surface area contributed by atoms with E-state index in [0.29, 0.717) is 30.3 Å². The van der Waals surface area contributed by atoms with Crippen molar-refractivity contribution in [2.24, 2.45) is 5.92 Å². The highest BCUT2D eigenvalue weighted by Gasteiger charge is 2.21. The van der Waals surface area contributed by atoms with Gasteiger partial charge in [0.15, 0.2) is 5.16 Å². The van der Waals surface area contributed by atoms with E-state index in [1.165, 1.54) is 31.0 Å². The minimum Gasteiger partial charge on any atom is -0.376 e. The number of carbonyl (C=O) groups excluding carboxylic acids is 1. The molecule has 2 amide bonds. The molecule has 2 N–H and O–H groups in total. The van der Waals surface area contributed by atoms with Crippen molar-refractivity contribution < 1.29 is 9.53 Å². The largest absolute Gasteiger partial charge is 0.376 e. The second kappa shape index (κ2) is 10.4. The van der Waals surface area contributed by atoms with Crippen LogP contribution >= 0.6 is 11.8 Å². The predicted octanol–water partition coefficient (Wildman–Crippen LogP) is 4.65. The zero-order valence-electron chi connectivity index (χ0n) is 16.5. The normalized spacial score (nSPS) is 19.2. The first kappa shape index (κ1) is 20.6. The van der Waals surface area contributed by atoms with Crippen LogP contribution in [-0.4, -0.2) is 35.3 Å². The van der Waals surface area contributed by atoms with Crippen LogP contribution in [0, 0.1) is 12.8 Å². The lowest BCUT2D eigenvalue weighted by molar-refractivity contribution is -0.00232. The van der Waals surface area contributed by atoms with Crippen molar-refractivity contribution >= 4 is 23.5 Å². The van der Waals surface area contributed by atoms with Gasteiger partial charge < -0.3 is 15.4 Å². The molecule has 0 saturated heterocycles. The number of ether oxygens (including phenoxy) is 1. The third kappa shape index (κ3) is 6.21. The van der Waals surface area contributed by atoms with Crippen molar-refractivity contribution in [2.45, 2.75) is 55.7 Å². The van der Waals surface area contributed by atoms with Crippen LogP contribution in [-0.2, 0) is 4.74 Å². The maximum Gasteiger partial charge on any atom is 0.319 e. The van der Waals surface area contributed by atoms with Gasteiger partial charge in [0.25, 0.3) is 0 Å². The number of hydrogen-bond donors (Lipinski definition) is 2. The van der Waals surface area contributed by atoms with E-state index >= 15 is 0 Å². The Morgan fingerprint density at radius 1 is 1.25 bits per heavy atom. The maximum absolute atomic E-state index is 12.2. The number of aryl methyl sites for hydroxylation is 1. The number of urea groups is 1. The van der Waals surface area contributed by atoms with Crippen molar-refractivity contribution in [3.63, 3.8) is 0 Å². The Labute approximate surface area is 170 Å². The van der Waals surface area contributed by atoms with Crippen molar-refractivity contribution in [2.75, 3.05) is 18.5 Å². The highest BCUT2D eigenvalue weighted by molar-refractivity contribution is 7.99. The molecule has 1 fully saturated rings. The quantitative estimate of drug-likeness (QED) is 0.522. The van der Waals surface area contributed by atoms with Gasteiger partial charge in [-0.25, -0.2) is 14.8 Å². The Kier molecular flexibility index (Phi) is 7.68. The second-order valence-corrected chi connectivity index (χ2v) is 8.20. The van der Waals surface area contributed by atoms with Gasteiger partial charge in [-0.1, -0.05) is 19.8 Å². The van der Waals surface area contributed by atoms with E-state index < -0.39 is 0 Å². The van der Waals surface area contributed by atoms with Crippen LogP contribution in [0.5, 0.6) is 0 Å². The zero-order valence-corrected chi connectivity index (χ0v) is 17.3. The summed E-state index contributed by atoms with van der Waals surface area (Å²) in [6.07, 6.45) is 8.69. The number of nitrogens with one attached hydrogen (secondary N) is 2. The molecule has 1 saturated carbocycles. The fourth-order valence-corrected chi connectivity index (χ4v) is 4.16. The first-order valence-corrected chi connectivity index (χ1v) is 10.7. The van der Waals surface area contributed by atoms with Gasteiger partial charge in [-0.05, 0) is 67.3 Å². The number of anilines is 1. The van der Waals surface area contributed by atoms with Crippen LogP contribution in [0.2, 0.25) is 0 Å². The van der Waals surface area contributed by atoms with Gasteiger partial charge in [-0.15, -0.1) is 0 Å². The molecule has 28 heavy (non-hydrogen) atoms. The molecular weight excluding hydrogens is 372 g/mol. The van der Waals surface area contributed by atoms with E-state index in [9.17, 15) is 4.79 Å². The smallest absolute Gasteiger partial charge is 0.319 e. The van der Waals surface area contributed by atoms with Crippen molar-refractivity contribution in [1.29, 1.82) is 0 Å². The third-order valence-electron chi connectivity index (χ3n) is 4.95. The summed E-state index contributed by atoms with van der Waals surface area (Å²) >= 11 is 1.49. The Hall–Kier alpha value is -2.12. The van der Waals surface area contributed by atoms with Crippen molar-refractivity contribution in [3.05, 3.63) is 42.2 Å². The Morgan fingerprint density at radius 2 is 2.04 bits per heavy atom. The average molecular weight is 401 g/mol. The minimum absolute atomic E-state index is 0.213. The molecule has 2 unspecified atom stereocenters. The molecule has 150 valence electrons. The number of carbonyl (C=O) groups is 1. The van der Waals surface area contributed by atoms with Gasteiger partial charge in [0.1, 0.15) is 0 Å². The molecule has 2 atom stereocenters. The third-order valence-corrected chi connectivity index (χ3v) is 5.83. The number of nitrogens with zero attached hydrogens (tertiary/aromatic N) is 2. The second-order valence-electron chi connectivity index (χ2n) is 7.16. The molecule has 1 aliphatic rings. The van der Waals surface area contributed by atoms with Gasteiger partial charge in [-0.2, -0.15) is 0 Å². The highest BCUT2D eigenvalue weighted by atomic mass is 32.2. The summed E-state index contributed by atoms with van der Waals surface area (Å²) in [5, 5.41) is 6.47. The Morgan fingerprint density at radius 3 is 2.79 bits per heavy atom. The summed E-state index contributed by atoms with van der Waals surface area (Å²) < 4.78 is 5.93. The molecule has 0 radical (unpaired) electrons. The molecule has 7 heteroatoms. The summed E-state index contributed by atoms with van der Waals surface area (Å²) in [6, 6.07) is 7.46. The molecule has 0 aliphatic heterocycles. The molecular formula is C21H28N4O2S. The van der Waals surface area contributed by atoms with E-state index in [0.717, 1.165) is 22.6 Å². The van der Waals surface area contributed by atoms with Gasteiger partial charge in [0.2, 0.25) is 0 Å². The zero-order chi connectivity index (χ0) is 19.8. The van der Waals surface area contributed by atoms with Crippen LogP contribution < -0.4 is 10.6 Å². The number of amides is 2. The van der Waals surface area contributed by atoms with Crippen LogP contribution in [0.25, 0.3) is 0 Å². The summed E-state index contributed by atoms with van der Waals surface area (Å²) in [7, 11) is 0. The molecule has 6 nitrogen and oxygen atoms in total. The summed E-state index contributed by atoms with van der Waals surface area (Å²) in [5.74, 6) is 0.614. The van der Waals surface area contributed by atoms with E-state index in [1.54, 1.807) is 18.5 Å². The maximum atomic E-state index is 12.2. The summed E-state index contributed by atoms with van der Waals surface area (Å²) in [4.78, 5) is 21.6. The predicted molar refractivity (Wildman–Crippen MR) is 112 cm³/mol. The van der Waals surface area contributed by atoms with Gasteiger partial charge >= 0.3 is 6.03 Å². The topological polar surface area (TPSA) is 76.1 Å². The molecule has 2 aromatic rings. The lowest BCUT2D eigenvalue weighted by Gasteiger charge is -2.28. The number of hydrogen-bond acceptors (Lipinski definition) is 5. The van der Waals surface area contributed by atoms with E-state index in [-0.39, 0.29) is 6.03 Å². The lowest BCUT2D eigenvalue weighted by Crippen LogP contribution is -2.34. The fourth-order valence-electron chi connectivity index (χ4n) is 3.35. The molecule has 1 aromatic heterocycles. The van der Waals surface area contributed by atoms with E-state index in [4.69, 9.17) is 4.74 Å². The van der Waals surface area contributed by atoms with Gasteiger partial charge in [0.05, 0.1) is 12.7 Å². The molecule has 3 rings (SSSR count). The van der Waals surface area contributed by atoms with E-state index in [2.05, 4.69) is 27.5 Å². The minimum atomic E-state index is -0.213. The number of aromatic nitrogens is 2. The van der Waals surface area contributed by atoms with Crippen LogP contribution in [0.15, 0.2) is 46.7 Å². The standard InChI is InChI=1S/C21H28N4O2S/c1-15-6-3-4-7-19(15)27-13-12-22-20(26)25-18-9-8-17(14-16(18)2)28-21-23-10-5-11-24-21/h5,8-11,14-15,19H,3-4,6-7,12-13H2,1-2H3,(H2,22,25,26).